The van der Waals surface area contributed by atoms with Crippen molar-refractivity contribution < 1.29 is 9.15 Å². The van der Waals surface area contributed by atoms with E-state index in [4.69, 9.17) is 20.8 Å². The van der Waals surface area contributed by atoms with Gasteiger partial charge in [-0.3, -0.25) is 9.88 Å². The van der Waals surface area contributed by atoms with Crippen molar-refractivity contribution >= 4 is 11.6 Å². The summed E-state index contributed by atoms with van der Waals surface area (Å²) in [5, 5.41) is 9.23. The third kappa shape index (κ3) is 3.38. The van der Waals surface area contributed by atoms with Gasteiger partial charge in [-0.1, -0.05) is 11.6 Å². The van der Waals surface area contributed by atoms with Gasteiger partial charge in [0.05, 0.1) is 29.8 Å². The van der Waals surface area contributed by atoms with Gasteiger partial charge in [-0.05, 0) is 13.0 Å². The topological polar surface area (TPSA) is 69.2 Å². The first-order valence-electron chi connectivity index (χ1n) is 8.11. The van der Waals surface area contributed by atoms with Crippen molar-refractivity contribution in [2.24, 2.45) is 0 Å². The number of hydrogen-bond acceptors (Lipinski definition) is 6. The van der Waals surface area contributed by atoms with Crippen LogP contribution in [0, 0.1) is 0 Å². The number of halogens is 1. The zero-order valence-corrected chi connectivity index (χ0v) is 14.6. The molecule has 0 aliphatic carbocycles. The molecule has 0 aromatic carbocycles. The quantitative estimate of drug-likeness (QED) is 0.697. The molecule has 0 fully saturated rings. The smallest absolute Gasteiger partial charge is 0.171 e. The molecule has 4 rings (SSSR count). The van der Waals surface area contributed by atoms with E-state index in [0.29, 0.717) is 17.4 Å². The largest absolute Gasteiger partial charge is 0.484 e. The Bertz CT molecular complexity index is 849. The molecule has 1 atom stereocenters. The van der Waals surface area contributed by atoms with E-state index < -0.39 is 0 Å². The molecular weight excluding hydrogens is 342 g/mol. The second-order valence-electron chi connectivity index (χ2n) is 6.03. The molecule has 0 N–H and O–H groups in total. The lowest BCUT2D eigenvalue weighted by Crippen LogP contribution is -2.37. The van der Waals surface area contributed by atoms with Crippen LogP contribution in [0.25, 0.3) is 0 Å². The lowest BCUT2D eigenvalue weighted by Gasteiger charge is -2.33. The van der Waals surface area contributed by atoms with Crippen molar-refractivity contribution in [1.82, 2.24) is 24.6 Å². The number of fused-ring (bicyclic) bond motifs is 1. The van der Waals surface area contributed by atoms with Crippen LogP contribution in [0.5, 0.6) is 5.75 Å². The maximum atomic E-state index is 5.93. The van der Waals surface area contributed by atoms with Crippen molar-refractivity contribution in [2.45, 2.75) is 32.7 Å². The highest BCUT2D eigenvalue weighted by atomic mass is 35.5. The van der Waals surface area contributed by atoms with E-state index in [1.165, 1.54) is 0 Å². The number of pyridine rings is 1. The fraction of sp³-hybridized carbons (Fsp3) is 0.353. The Balaban J connectivity index is 1.46. The van der Waals surface area contributed by atoms with Crippen LogP contribution < -0.4 is 4.74 Å². The van der Waals surface area contributed by atoms with Gasteiger partial charge in [0, 0.05) is 37.5 Å². The van der Waals surface area contributed by atoms with Crippen molar-refractivity contribution in [1.29, 1.82) is 0 Å². The maximum Gasteiger partial charge on any atom is 0.171 e. The molecule has 3 aromatic heterocycles. The fourth-order valence-electron chi connectivity index (χ4n) is 3.05. The van der Waals surface area contributed by atoms with Gasteiger partial charge in [0.25, 0.3) is 0 Å². The van der Waals surface area contributed by atoms with Crippen molar-refractivity contribution in [3.63, 3.8) is 0 Å². The molecule has 8 heteroatoms. The molecule has 0 radical (unpaired) electrons. The Morgan fingerprint density at radius 2 is 2.24 bits per heavy atom. The van der Waals surface area contributed by atoms with E-state index in [1.807, 2.05) is 6.07 Å². The lowest BCUT2D eigenvalue weighted by atomic mass is 10.2. The molecule has 0 bridgehead atoms. The SMILES string of the molecule is C[C@H]1c2nnc(COc3cncc(Cl)c3)n2CCN1Cc1ccoc1. The van der Waals surface area contributed by atoms with Crippen LogP contribution in [0.3, 0.4) is 0 Å². The minimum atomic E-state index is 0.178. The molecule has 0 amide bonds. The number of aromatic nitrogens is 4. The Kier molecular flexibility index (Phi) is 4.42. The maximum absolute atomic E-state index is 5.93. The number of rotatable bonds is 5. The molecule has 0 saturated carbocycles. The average Bonchev–Trinajstić information content (AvgIpc) is 3.26. The summed E-state index contributed by atoms with van der Waals surface area (Å²) in [5.74, 6) is 2.39. The first kappa shape index (κ1) is 16.1. The summed E-state index contributed by atoms with van der Waals surface area (Å²) in [5.41, 5.74) is 1.16. The Labute approximate surface area is 150 Å². The third-order valence-electron chi connectivity index (χ3n) is 4.40. The zero-order chi connectivity index (χ0) is 17.2. The second kappa shape index (κ2) is 6.85. The molecule has 3 aromatic rings. The highest BCUT2D eigenvalue weighted by Gasteiger charge is 2.28. The van der Waals surface area contributed by atoms with E-state index >= 15 is 0 Å². The third-order valence-corrected chi connectivity index (χ3v) is 4.61. The molecule has 0 unspecified atom stereocenters. The monoisotopic (exact) mass is 359 g/mol. The van der Waals surface area contributed by atoms with E-state index in [1.54, 1.807) is 31.0 Å². The summed E-state index contributed by atoms with van der Waals surface area (Å²) in [6.07, 6.45) is 6.69. The normalized spacial score (nSPS) is 17.4. The van der Waals surface area contributed by atoms with Crippen LogP contribution in [0.4, 0.5) is 0 Å². The minimum Gasteiger partial charge on any atom is -0.484 e. The Morgan fingerprint density at radius 3 is 3.04 bits per heavy atom. The number of ether oxygens (including phenoxy) is 1. The van der Waals surface area contributed by atoms with Crippen LogP contribution in [0.2, 0.25) is 5.02 Å². The van der Waals surface area contributed by atoms with Gasteiger partial charge in [-0.15, -0.1) is 10.2 Å². The lowest BCUT2D eigenvalue weighted by molar-refractivity contribution is 0.152. The van der Waals surface area contributed by atoms with Crippen LogP contribution >= 0.6 is 11.6 Å². The zero-order valence-electron chi connectivity index (χ0n) is 13.8. The Morgan fingerprint density at radius 1 is 1.32 bits per heavy atom. The number of hydrogen-bond donors (Lipinski definition) is 0. The molecule has 1 aliphatic rings. The average molecular weight is 360 g/mol. The standard InChI is InChI=1S/C17H18ClN5O2/c1-12-17-21-20-16(11-25-15-6-14(18)7-19-8-15)23(17)4-3-22(12)9-13-2-5-24-10-13/h2,5-8,10,12H,3-4,9,11H2,1H3/t12-/m0/s1. The van der Waals surface area contributed by atoms with E-state index in [2.05, 4.69) is 31.6 Å². The highest BCUT2D eigenvalue weighted by Crippen LogP contribution is 2.26. The highest BCUT2D eigenvalue weighted by molar-refractivity contribution is 6.30. The van der Waals surface area contributed by atoms with Gasteiger partial charge in [0.1, 0.15) is 18.2 Å². The summed E-state index contributed by atoms with van der Waals surface area (Å²) in [7, 11) is 0. The summed E-state index contributed by atoms with van der Waals surface area (Å²) in [4.78, 5) is 6.38. The Hall–Kier alpha value is -2.38. The second-order valence-corrected chi connectivity index (χ2v) is 6.47. The van der Waals surface area contributed by atoms with Crippen molar-refractivity contribution in [3.05, 3.63) is 59.3 Å². The predicted molar refractivity (Wildman–Crippen MR) is 91.1 cm³/mol. The van der Waals surface area contributed by atoms with Crippen LogP contribution in [-0.2, 0) is 19.7 Å². The van der Waals surface area contributed by atoms with Crippen LogP contribution in [0.15, 0.2) is 41.5 Å². The first-order valence-corrected chi connectivity index (χ1v) is 8.49. The summed E-state index contributed by atoms with van der Waals surface area (Å²) >= 11 is 5.93. The summed E-state index contributed by atoms with van der Waals surface area (Å²) in [6, 6.07) is 3.90. The van der Waals surface area contributed by atoms with Crippen LogP contribution in [-0.4, -0.2) is 31.2 Å². The molecule has 1 aliphatic heterocycles. The minimum absolute atomic E-state index is 0.178. The molecular formula is C17H18ClN5O2. The first-order chi connectivity index (χ1) is 12.2. The van der Waals surface area contributed by atoms with Crippen molar-refractivity contribution in [2.75, 3.05) is 6.54 Å². The van der Waals surface area contributed by atoms with Crippen LogP contribution in [0.1, 0.15) is 30.2 Å². The fourth-order valence-corrected chi connectivity index (χ4v) is 3.21. The molecule has 130 valence electrons. The molecule has 0 spiro atoms. The van der Waals surface area contributed by atoms with Gasteiger partial charge < -0.3 is 13.7 Å². The van der Waals surface area contributed by atoms with Gasteiger partial charge in [-0.25, -0.2) is 0 Å². The summed E-state index contributed by atoms with van der Waals surface area (Å²) < 4.78 is 13.0. The van der Waals surface area contributed by atoms with E-state index in [9.17, 15) is 0 Å². The summed E-state index contributed by atoms with van der Waals surface area (Å²) in [6.45, 7) is 5.07. The predicted octanol–water partition coefficient (Wildman–Crippen LogP) is 3.08. The van der Waals surface area contributed by atoms with Crippen molar-refractivity contribution in [3.8, 4) is 5.75 Å². The molecule has 7 nitrogen and oxygen atoms in total. The molecule has 0 saturated heterocycles. The van der Waals surface area contributed by atoms with E-state index in [0.717, 1.165) is 36.8 Å². The van der Waals surface area contributed by atoms with Gasteiger partial charge in [0.2, 0.25) is 0 Å². The molecule has 4 heterocycles. The van der Waals surface area contributed by atoms with Gasteiger partial charge >= 0.3 is 0 Å². The number of furan rings is 1. The van der Waals surface area contributed by atoms with Gasteiger partial charge in [0.15, 0.2) is 5.82 Å². The molecule has 25 heavy (non-hydrogen) atoms. The number of nitrogens with zero attached hydrogens (tertiary/aromatic N) is 5. The van der Waals surface area contributed by atoms with E-state index in [-0.39, 0.29) is 6.04 Å². The van der Waals surface area contributed by atoms with Gasteiger partial charge in [-0.2, -0.15) is 0 Å².